The molecule has 184 valence electrons. The van der Waals surface area contributed by atoms with Crippen molar-refractivity contribution in [1.29, 1.82) is 0 Å². The number of benzene rings is 1. The molecule has 0 aliphatic carbocycles. The zero-order valence-electron chi connectivity index (χ0n) is 20.8. The Labute approximate surface area is 197 Å². The zero-order chi connectivity index (χ0) is 25.1. The van der Waals surface area contributed by atoms with Crippen molar-refractivity contribution in [2.45, 2.75) is 73.0 Å². The molecule has 3 amide bonds. The predicted molar refractivity (Wildman–Crippen MR) is 127 cm³/mol. The number of hydrogen-bond acceptors (Lipinski definition) is 5. The van der Waals surface area contributed by atoms with E-state index >= 15 is 0 Å². The van der Waals surface area contributed by atoms with Crippen molar-refractivity contribution < 1.29 is 23.9 Å². The van der Waals surface area contributed by atoms with Crippen LogP contribution in [0, 0.1) is 17.8 Å². The number of carbonyl (C=O) groups is 4. The fraction of sp³-hybridized carbons (Fsp3) is 0.600. The molecule has 33 heavy (non-hydrogen) atoms. The van der Waals surface area contributed by atoms with Gasteiger partial charge in [-0.25, -0.2) is 4.79 Å². The second-order valence-corrected chi connectivity index (χ2v) is 9.49. The second kappa shape index (κ2) is 13.6. The molecule has 1 rings (SSSR count). The molecule has 0 unspecified atom stereocenters. The van der Waals surface area contributed by atoms with Gasteiger partial charge in [0, 0.05) is 6.42 Å². The van der Waals surface area contributed by atoms with Crippen molar-refractivity contribution in [3.8, 4) is 0 Å². The van der Waals surface area contributed by atoms with Gasteiger partial charge in [0.25, 0.3) is 0 Å². The Morgan fingerprint density at radius 1 is 0.788 bits per heavy atom. The first-order chi connectivity index (χ1) is 15.4. The van der Waals surface area contributed by atoms with E-state index < -0.39 is 35.9 Å². The predicted octanol–water partition coefficient (Wildman–Crippen LogP) is 2.73. The maximum Gasteiger partial charge on any atom is 0.328 e. The molecular formula is C25H39N3O5. The summed E-state index contributed by atoms with van der Waals surface area (Å²) < 4.78 is 5.19. The van der Waals surface area contributed by atoms with Gasteiger partial charge in [-0.2, -0.15) is 0 Å². The summed E-state index contributed by atoms with van der Waals surface area (Å²) in [6.07, 6.45) is 0.301. The van der Waals surface area contributed by atoms with Crippen LogP contribution in [0.15, 0.2) is 30.3 Å². The van der Waals surface area contributed by atoms with E-state index in [0.29, 0.717) is 12.0 Å². The number of nitrogens with one attached hydrogen (secondary N) is 3. The average Bonchev–Trinajstić information content (AvgIpc) is 2.73. The Hall–Kier alpha value is -2.90. The zero-order valence-corrected chi connectivity index (χ0v) is 20.8. The number of ether oxygens (including phenoxy) is 1. The Kier molecular flexibility index (Phi) is 11.6. The van der Waals surface area contributed by atoms with Crippen LogP contribution in [0.3, 0.4) is 0 Å². The van der Waals surface area contributed by atoms with Gasteiger partial charge in [0.05, 0.1) is 6.61 Å². The number of hydrogen-bond donors (Lipinski definition) is 3. The van der Waals surface area contributed by atoms with E-state index in [9.17, 15) is 19.2 Å². The lowest BCUT2D eigenvalue weighted by Gasteiger charge is -2.26. The first kappa shape index (κ1) is 28.1. The molecule has 0 fully saturated rings. The van der Waals surface area contributed by atoms with E-state index in [0.717, 1.165) is 0 Å². The highest BCUT2D eigenvalue weighted by atomic mass is 16.5. The standard InChI is InChI=1S/C25H39N3O5/c1-15(2)13-20(29)27-21(17(5)6)23(30)28-22(19-11-9-8-10-12-19)24(31)26-18(7)25(32)33-14-16(3)4/h8-12,15-18,21-22H,13-14H2,1-7H3,(H,26,31)(H,27,29)(H,28,30)/t18-,21-,22-/m0/s1. The molecule has 1 aromatic carbocycles. The molecule has 0 heterocycles. The second-order valence-electron chi connectivity index (χ2n) is 9.49. The summed E-state index contributed by atoms with van der Waals surface area (Å²) in [6.45, 7) is 13.1. The molecule has 8 heteroatoms. The van der Waals surface area contributed by atoms with Gasteiger partial charge in [0.2, 0.25) is 17.7 Å². The number of esters is 1. The van der Waals surface area contributed by atoms with Gasteiger partial charge in [-0.3, -0.25) is 14.4 Å². The maximum absolute atomic E-state index is 13.1. The van der Waals surface area contributed by atoms with Gasteiger partial charge < -0.3 is 20.7 Å². The Morgan fingerprint density at radius 2 is 1.39 bits per heavy atom. The minimum atomic E-state index is -1.04. The molecule has 0 bridgehead atoms. The third-order valence-corrected chi connectivity index (χ3v) is 4.81. The minimum absolute atomic E-state index is 0.153. The lowest BCUT2D eigenvalue weighted by molar-refractivity contribution is -0.148. The van der Waals surface area contributed by atoms with Crippen LogP contribution in [0.25, 0.3) is 0 Å². The van der Waals surface area contributed by atoms with Crippen LogP contribution in [0.1, 0.15) is 66.5 Å². The molecule has 1 aromatic rings. The largest absolute Gasteiger partial charge is 0.464 e. The van der Waals surface area contributed by atoms with Crippen LogP contribution in [-0.4, -0.2) is 42.4 Å². The molecule has 0 saturated heterocycles. The summed E-state index contributed by atoms with van der Waals surface area (Å²) in [7, 11) is 0. The monoisotopic (exact) mass is 461 g/mol. The molecule has 0 aliphatic heterocycles. The van der Waals surface area contributed by atoms with Crippen LogP contribution in [0.4, 0.5) is 0 Å². The van der Waals surface area contributed by atoms with Crippen molar-refractivity contribution in [1.82, 2.24) is 16.0 Å². The Morgan fingerprint density at radius 3 is 1.91 bits per heavy atom. The quantitative estimate of drug-likeness (QED) is 0.414. The van der Waals surface area contributed by atoms with E-state index in [1.165, 1.54) is 6.92 Å². The number of amides is 3. The maximum atomic E-state index is 13.1. The van der Waals surface area contributed by atoms with E-state index in [-0.39, 0.29) is 30.3 Å². The fourth-order valence-corrected chi connectivity index (χ4v) is 3.05. The minimum Gasteiger partial charge on any atom is -0.464 e. The van der Waals surface area contributed by atoms with Crippen molar-refractivity contribution >= 4 is 23.7 Å². The van der Waals surface area contributed by atoms with Gasteiger partial charge >= 0.3 is 5.97 Å². The molecule has 0 aromatic heterocycles. The Balaban J connectivity index is 3.00. The van der Waals surface area contributed by atoms with Crippen LogP contribution >= 0.6 is 0 Å². The van der Waals surface area contributed by atoms with Crippen LogP contribution in [0.5, 0.6) is 0 Å². The molecule has 0 radical (unpaired) electrons. The highest BCUT2D eigenvalue weighted by Crippen LogP contribution is 2.15. The molecule has 3 atom stereocenters. The Bertz CT molecular complexity index is 792. The van der Waals surface area contributed by atoms with Gasteiger partial charge in [-0.1, -0.05) is 71.9 Å². The molecule has 0 spiro atoms. The van der Waals surface area contributed by atoms with Crippen molar-refractivity contribution in [3.63, 3.8) is 0 Å². The first-order valence-electron chi connectivity index (χ1n) is 11.5. The summed E-state index contributed by atoms with van der Waals surface area (Å²) in [5.74, 6) is -1.64. The van der Waals surface area contributed by atoms with Gasteiger partial charge in [0.1, 0.15) is 18.1 Å². The van der Waals surface area contributed by atoms with Crippen molar-refractivity contribution in [3.05, 3.63) is 35.9 Å². The summed E-state index contributed by atoms with van der Waals surface area (Å²) in [6, 6.07) is 6.02. The summed E-state index contributed by atoms with van der Waals surface area (Å²) in [5, 5.41) is 8.15. The fourth-order valence-electron chi connectivity index (χ4n) is 3.05. The number of carbonyl (C=O) groups excluding carboxylic acids is 4. The van der Waals surface area contributed by atoms with E-state index in [4.69, 9.17) is 4.74 Å². The normalized spacial score (nSPS) is 13.9. The van der Waals surface area contributed by atoms with Gasteiger partial charge in [0.15, 0.2) is 0 Å². The molecule has 3 N–H and O–H groups in total. The number of rotatable bonds is 12. The lowest BCUT2D eigenvalue weighted by atomic mass is 10.00. The summed E-state index contributed by atoms with van der Waals surface area (Å²) in [4.78, 5) is 50.6. The third-order valence-electron chi connectivity index (χ3n) is 4.81. The summed E-state index contributed by atoms with van der Waals surface area (Å²) in [5.41, 5.74) is 0.558. The van der Waals surface area contributed by atoms with Gasteiger partial charge in [-0.05, 0) is 30.2 Å². The smallest absolute Gasteiger partial charge is 0.328 e. The average molecular weight is 462 g/mol. The SMILES string of the molecule is CC(C)COC(=O)[C@H](C)NC(=O)[C@@H](NC(=O)[C@@H](NC(=O)CC(C)C)C(C)C)c1ccccc1. The molecule has 0 aliphatic rings. The van der Waals surface area contributed by atoms with Crippen LogP contribution in [0.2, 0.25) is 0 Å². The van der Waals surface area contributed by atoms with E-state index in [1.807, 2.05) is 41.5 Å². The van der Waals surface area contributed by atoms with Gasteiger partial charge in [-0.15, -0.1) is 0 Å². The van der Waals surface area contributed by atoms with Crippen molar-refractivity contribution in [2.24, 2.45) is 17.8 Å². The molecule has 0 saturated carbocycles. The van der Waals surface area contributed by atoms with Crippen molar-refractivity contribution in [2.75, 3.05) is 6.61 Å². The summed E-state index contributed by atoms with van der Waals surface area (Å²) >= 11 is 0. The molecular weight excluding hydrogens is 422 g/mol. The van der Waals surface area contributed by atoms with E-state index in [2.05, 4.69) is 16.0 Å². The van der Waals surface area contributed by atoms with Crippen LogP contribution in [-0.2, 0) is 23.9 Å². The third kappa shape index (κ3) is 10.1. The van der Waals surface area contributed by atoms with E-state index in [1.54, 1.807) is 30.3 Å². The van der Waals surface area contributed by atoms with Crippen LogP contribution < -0.4 is 16.0 Å². The lowest BCUT2D eigenvalue weighted by Crippen LogP contribution is -2.53. The topological polar surface area (TPSA) is 114 Å². The highest BCUT2D eigenvalue weighted by Gasteiger charge is 2.31. The highest BCUT2D eigenvalue weighted by molar-refractivity contribution is 5.94. The first-order valence-corrected chi connectivity index (χ1v) is 11.5. The molecule has 8 nitrogen and oxygen atoms in total.